The summed E-state index contributed by atoms with van der Waals surface area (Å²) in [6, 6.07) is -0.228. The van der Waals surface area contributed by atoms with Crippen LogP contribution < -0.4 is 0 Å². The number of carboxylic acid groups (broad SMARTS) is 1. The summed E-state index contributed by atoms with van der Waals surface area (Å²) < 4.78 is 5.52. The van der Waals surface area contributed by atoms with Gasteiger partial charge in [-0.05, 0) is 52.9 Å². The number of carbonyl (C=O) groups excluding carboxylic acids is 1. The van der Waals surface area contributed by atoms with Crippen molar-refractivity contribution < 1.29 is 19.4 Å². The number of hydrogen-bond acceptors (Lipinski definition) is 3. The molecule has 1 amide bonds. The fourth-order valence-electron chi connectivity index (χ4n) is 3.92. The van der Waals surface area contributed by atoms with Crippen molar-refractivity contribution >= 4 is 12.1 Å². The third kappa shape index (κ3) is 3.55. The van der Waals surface area contributed by atoms with Gasteiger partial charge in [0.1, 0.15) is 5.60 Å². The molecule has 1 atom stereocenters. The average Bonchev–Trinajstić information content (AvgIpc) is 2.46. The molecule has 1 saturated heterocycles. The Morgan fingerprint density at radius 1 is 1.09 bits per heavy atom. The molecular weight excluding hydrogens is 282 g/mol. The summed E-state index contributed by atoms with van der Waals surface area (Å²) in [7, 11) is 0. The van der Waals surface area contributed by atoms with Gasteiger partial charge in [0.2, 0.25) is 0 Å². The van der Waals surface area contributed by atoms with Gasteiger partial charge in [0.25, 0.3) is 0 Å². The zero-order valence-electron chi connectivity index (χ0n) is 14.1. The Morgan fingerprint density at radius 2 is 1.73 bits per heavy atom. The predicted molar refractivity (Wildman–Crippen MR) is 83.7 cm³/mol. The predicted octanol–water partition coefficient (Wildman–Crippen LogP) is 3.81. The maximum Gasteiger partial charge on any atom is 0.410 e. The van der Waals surface area contributed by atoms with Crippen LogP contribution in [0, 0.1) is 5.41 Å². The van der Waals surface area contributed by atoms with Crippen molar-refractivity contribution in [1.82, 2.24) is 4.90 Å². The van der Waals surface area contributed by atoms with Gasteiger partial charge < -0.3 is 14.7 Å². The van der Waals surface area contributed by atoms with Gasteiger partial charge in [0, 0.05) is 6.54 Å². The highest BCUT2D eigenvalue weighted by molar-refractivity contribution is 5.78. The first-order valence-electron chi connectivity index (χ1n) is 8.49. The highest BCUT2D eigenvalue weighted by atomic mass is 16.6. The van der Waals surface area contributed by atoms with Gasteiger partial charge in [-0.2, -0.15) is 0 Å². The number of carboxylic acids is 1. The molecule has 1 unspecified atom stereocenters. The van der Waals surface area contributed by atoms with Gasteiger partial charge in [-0.1, -0.05) is 19.3 Å². The lowest BCUT2D eigenvalue weighted by molar-refractivity contribution is -0.157. The molecule has 5 heteroatoms. The van der Waals surface area contributed by atoms with Gasteiger partial charge in [0.05, 0.1) is 11.5 Å². The summed E-state index contributed by atoms with van der Waals surface area (Å²) in [4.78, 5) is 26.3. The van der Waals surface area contributed by atoms with E-state index in [0.717, 1.165) is 38.5 Å². The Balaban J connectivity index is 2.24. The van der Waals surface area contributed by atoms with E-state index >= 15 is 0 Å². The minimum Gasteiger partial charge on any atom is -0.481 e. The molecule has 0 radical (unpaired) electrons. The molecule has 2 rings (SSSR count). The number of nitrogens with zero attached hydrogens (tertiary/aromatic N) is 1. The molecule has 5 nitrogen and oxygen atoms in total. The van der Waals surface area contributed by atoms with Crippen molar-refractivity contribution in [3.05, 3.63) is 0 Å². The molecule has 126 valence electrons. The number of likely N-dealkylation sites (tertiary alicyclic amines) is 1. The van der Waals surface area contributed by atoms with E-state index in [9.17, 15) is 14.7 Å². The zero-order valence-corrected chi connectivity index (χ0v) is 14.1. The van der Waals surface area contributed by atoms with Crippen LogP contribution in [0.4, 0.5) is 4.79 Å². The van der Waals surface area contributed by atoms with Gasteiger partial charge in [-0.3, -0.25) is 4.79 Å². The summed E-state index contributed by atoms with van der Waals surface area (Å²) in [6.07, 6.45) is 6.63. The van der Waals surface area contributed by atoms with E-state index in [0.29, 0.717) is 19.4 Å². The van der Waals surface area contributed by atoms with Crippen molar-refractivity contribution in [2.75, 3.05) is 6.54 Å². The standard InChI is InChI=1S/C17H29NO4/c1-16(2,3)22-15(21)18-12-8-5-9-13(18)17(14(19)20)10-6-4-7-11-17/h13H,4-12H2,1-3H3,(H,19,20). The maximum atomic E-state index is 12.5. The van der Waals surface area contributed by atoms with E-state index in [1.807, 2.05) is 20.8 Å². The minimum absolute atomic E-state index is 0.228. The van der Waals surface area contributed by atoms with Crippen molar-refractivity contribution in [1.29, 1.82) is 0 Å². The Labute approximate surface area is 133 Å². The van der Waals surface area contributed by atoms with Crippen LogP contribution in [0.3, 0.4) is 0 Å². The van der Waals surface area contributed by atoms with Crippen LogP contribution in [0.5, 0.6) is 0 Å². The zero-order chi connectivity index (χ0) is 16.4. The van der Waals surface area contributed by atoms with Gasteiger partial charge in [-0.25, -0.2) is 4.79 Å². The topological polar surface area (TPSA) is 66.8 Å². The van der Waals surface area contributed by atoms with Crippen LogP contribution in [0.25, 0.3) is 0 Å². The summed E-state index contributed by atoms with van der Waals surface area (Å²) in [5.74, 6) is -0.743. The molecule has 0 aromatic rings. The molecule has 0 spiro atoms. The van der Waals surface area contributed by atoms with Crippen LogP contribution >= 0.6 is 0 Å². The number of rotatable bonds is 2. The van der Waals surface area contributed by atoms with E-state index in [2.05, 4.69) is 0 Å². The van der Waals surface area contributed by atoms with E-state index in [1.54, 1.807) is 4.90 Å². The minimum atomic E-state index is -0.782. The molecule has 0 aromatic carbocycles. The molecule has 2 aliphatic rings. The summed E-state index contributed by atoms with van der Waals surface area (Å²) in [6.45, 7) is 6.14. The molecule has 1 heterocycles. The second-order valence-corrected chi connectivity index (χ2v) is 7.71. The quantitative estimate of drug-likeness (QED) is 0.842. The fraction of sp³-hybridized carbons (Fsp3) is 0.882. The van der Waals surface area contributed by atoms with Crippen molar-refractivity contribution in [3.8, 4) is 0 Å². The monoisotopic (exact) mass is 311 g/mol. The average molecular weight is 311 g/mol. The lowest BCUT2D eigenvalue weighted by Gasteiger charge is -2.47. The number of hydrogen-bond donors (Lipinski definition) is 1. The molecule has 2 fully saturated rings. The maximum absolute atomic E-state index is 12.5. The summed E-state index contributed by atoms with van der Waals surface area (Å²) >= 11 is 0. The van der Waals surface area contributed by atoms with E-state index in [4.69, 9.17) is 4.74 Å². The third-order valence-electron chi connectivity index (χ3n) is 4.94. The fourth-order valence-corrected chi connectivity index (χ4v) is 3.92. The highest BCUT2D eigenvalue weighted by Gasteiger charge is 2.51. The number of ether oxygens (including phenoxy) is 1. The van der Waals surface area contributed by atoms with Crippen LogP contribution in [0.1, 0.15) is 72.1 Å². The second kappa shape index (κ2) is 6.47. The molecule has 1 aliphatic heterocycles. The number of amides is 1. The Morgan fingerprint density at radius 3 is 2.27 bits per heavy atom. The summed E-state index contributed by atoms with van der Waals surface area (Å²) in [5, 5.41) is 9.89. The first-order chi connectivity index (χ1) is 10.3. The lowest BCUT2D eigenvalue weighted by Crippen LogP contribution is -2.57. The van der Waals surface area contributed by atoms with Crippen LogP contribution in [0.2, 0.25) is 0 Å². The SMILES string of the molecule is CC(C)(C)OC(=O)N1CCCCC1C1(C(=O)O)CCCCC1. The van der Waals surface area contributed by atoms with Gasteiger partial charge >= 0.3 is 12.1 Å². The molecule has 22 heavy (non-hydrogen) atoms. The smallest absolute Gasteiger partial charge is 0.410 e. The molecule has 1 aliphatic carbocycles. The first-order valence-corrected chi connectivity index (χ1v) is 8.49. The van der Waals surface area contributed by atoms with Crippen LogP contribution in [0.15, 0.2) is 0 Å². The second-order valence-electron chi connectivity index (χ2n) is 7.71. The number of carbonyl (C=O) groups is 2. The number of piperidine rings is 1. The van der Waals surface area contributed by atoms with E-state index in [-0.39, 0.29) is 12.1 Å². The number of aliphatic carboxylic acids is 1. The normalized spacial score (nSPS) is 25.6. The van der Waals surface area contributed by atoms with Crippen LogP contribution in [-0.4, -0.2) is 40.3 Å². The van der Waals surface area contributed by atoms with Gasteiger partial charge in [-0.15, -0.1) is 0 Å². The summed E-state index contributed by atoms with van der Waals surface area (Å²) in [5.41, 5.74) is -1.34. The van der Waals surface area contributed by atoms with E-state index in [1.165, 1.54) is 0 Å². The Kier molecular flexibility index (Phi) is 5.03. The molecule has 1 N–H and O–H groups in total. The van der Waals surface area contributed by atoms with Crippen molar-refractivity contribution in [3.63, 3.8) is 0 Å². The van der Waals surface area contributed by atoms with Crippen molar-refractivity contribution in [2.45, 2.75) is 83.8 Å². The largest absolute Gasteiger partial charge is 0.481 e. The molecule has 1 saturated carbocycles. The molecule has 0 bridgehead atoms. The molecular formula is C17H29NO4. The van der Waals surface area contributed by atoms with Crippen LogP contribution in [-0.2, 0) is 9.53 Å². The Hall–Kier alpha value is -1.26. The third-order valence-corrected chi connectivity index (χ3v) is 4.94. The molecule has 0 aromatic heterocycles. The highest BCUT2D eigenvalue weighted by Crippen LogP contribution is 2.45. The van der Waals surface area contributed by atoms with E-state index < -0.39 is 17.0 Å². The van der Waals surface area contributed by atoms with Gasteiger partial charge in [0.15, 0.2) is 0 Å². The lowest BCUT2D eigenvalue weighted by atomic mass is 9.66. The van der Waals surface area contributed by atoms with Crippen molar-refractivity contribution in [2.24, 2.45) is 5.41 Å². The first kappa shape index (κ1) is 17.1. The Bertz CT molecular complexity index is 421.